The van der Waals surface area contributed by atoms with E-state index in [0.29, 0.717) is 17.4 Å². The van der Waals surface area contributed by atoms with Crippen molar-refractivity contribution < 1.29 is 9.90 Å². The average molecular weight is 355 g/mol. The first-order chi connectivity index (χ1) is 11.1. The molecule has 1 saturated carbocycles. The van der Waals surface area contributed by atoms with Crippen LogP contribution in [0.25, 0.3) is 0 Å². The van der Waals surface area contributed by atoms with Gasteiger partial charge in [0, 0.05) is 44.0 Å². The number of carbonyl (C=O) groups is 1. The summed E-state index contributed by atoms with van der Waals surface area (Å²) >= 11 is 0. The van der Waals surface area contributed by atoms with Crippen molar-refractivity contribution in [2.24, 2.45) is 12.5 Å². The van der Waals surface area contributed by atoms with Crippen LogP contribution in [-0.2, 0) is 7.05 Å². The molecule has 1 spiro atoms. The first kappa shape index (κ1) is 17.5. The lowest BCUT2D eigenvalue weighted by molar-refractivity contribution is -0.00416. The molecule has 2 aliphatic heterocycles. The van der Waals surface area contributed by atoms with Crippen molar-refractivity contribution in [3.05, 3.63) is 18.0 Å². The van der Waals surface area contributed by atoms with Gasteiger partial charge in [-0.05, 0) is 56.7 Å². The fraction of sp³-hybridized carbons (Fsp3) is 0.765. The molecule has 3 fully saturated rings. The van der Waals surface area contributed by atoms with Crippen molar-refractivity contribution in [3.63, 3.8) is 0 Å². The normalized spacial score (nSPS) is 31.0. The lowest BCUT2D eigenvalue weighted by Crippen LogP contribution is -2.54. The Morgan fingerprint density at radius 2 is 2.00 bits per heavy atom. The maximum Gasteiger partial charge on any atom is 0.407 e. The summed E-state index contributed by atoms with van der Waals surface area (Å²) in [7, 11) is 2.03. The zero-order valence-corrected chi connectivity index (χ0v) is 15.0. The molecule has 0 aromatic carbocycles. The van der Waals surface area contributed by atoms with Gasteiger partial charge in [-0.3, -0.25) is 4.68 Å². The van der Waals surface area contributed by atoms with Gasteiger partial charge in [0.15, 0.2) is 0 Å². The Morgan fingerprint density at radius 1 is 1.29 bits per heavy atom. The number of hydrogen-bond donors (Lipinski definition) is 1. The van der Waals surface area contributed by atoms with Gasteiger partial charge in [0.25, 0.3) is 0 Å². The topological polar surface area (TPSA) is 61.6 Å². The van der Waals surface area contributed by atoms with Gasteiger partial charge in [-0.2, -0.15) is 5.10 Å². The first-order valence-corrected chi connectivity index (χ1v) is 8.76. The Bertz CT molecular complexity index is 591. The Hall–Kier alpha value is -1.27. The van der Waals surface area contributed by atoms with Gasteiger partial charge in [0.05, 0.1) is 0 Å². The van der Waals surface area contributed by atoms with E-state index in [9.17, 15) is 4.79 Å². The van der Waals surface area contributed by atoms with Gasteiger partial charge in [0.2, 0.25) is 0 Å². The van der Waals surface area contributed by atoms with Crippen LogP contribution in [0.3, 0.4) is 0 Å². The molecule has 1 aromatic heterocycles. The standard InChI is InChI=1S/C17H26N4O2.ClH/c1-19-15(2-6-18-19)13-3-7-20(8-4-13)14-10-17(11-14)5-9-21(12-17)16(22)23;/h2,6,13-14H,3-5,7-12H2,1H3,(H,22,23);1H. The zero-order valence-electron chi connectivity index (χ0n) is 14.2. The number of hydrogen-bond acceptors (Lipinski definition) is 3. The predicted octanol–water partition coefficient (Wildman–Crippen LogP) is 2.55. The summed E-state index contributed by atoms with van der Waals surface area (Å²) in [5.74, 6) is 0.641. The third-order valence-electron chi connectivity index (χ3n) is 6.37. The molecule has 1 aromatic rings. The minimum absolute atomic E-state index is 0. The molecule has 3 aliphatic rings. The Balaban J connectivity index is 0.00000169. The fourth-order valence-corrected chi connectivity index (χ4v) is 4.97. The highest BCUT2D eigenvalue weighted by Crippen LogP contribution is 2.50. The lowest BCUT2D eigenvalue weighted by atomic mass is 9.64. The van der Waals surface area contributed by atoms with E-state index in [2.05, 4.69) is 16.1 Å². The van der Waals surface area contributed by atoms with Gasteiger partial charge in [-0.1, -0.05) is 0 Å². The molecule has 6 nitrogen and oxygen atoms in total. The monoisotopic (exact) mass is 354 g/mol. The summed E-state index contributed by atoms with van der Waals surface area (Å²) < 4.78 is 2.01. The highest BCUT2D eigenvalue weighted by Gasteiger charge is 2.51. The van der Waals surface area contributed by atoms with E-state index >= 15 is 0 Å². The van der Waals surface area contributed by atoms with Crippen LogP contribution in [-0.4, -0.2) is 63.0 Å². The molecule has 0 radical (unpaired) electrons. The second kappa shape index (κ2) is 6.56. The van der Waals surface area contributed by atoms with Crippen molar-refractivity contribution in [1.29, 1.82) is 0 Å². The second-order valence-corrected chi connectivity index (χ2v) is 7.71. The Kier molecular flexibility index (Phi) is 4.80. The van der Waals surface area contributed by atoms with Gasteiger partial charge < -0.3 is 14.9 Å². The molecule has 7 heteroatoms. The van der Waals surface area contributed by atoms with Gasteiger partial charge in [-0.25, -0.2) is 4.79 Å². The second-order valence-electron chi connectivity index (χ2n) is 7.71. The number of amides is 1. The quantitative estimate of drug-likeness (QED) is 0.886. The van der Waals surface area contributed by atoms with Crippen LogP contribution in [0.15, 0.2) is 12.3 Å². The number of likely N-dealkylation sites (tertiary alicyclic amines) is 2. The van der Waals surface area contributed by atoms with Crippen molar-refractivity contribution in [2.45, 2.75) is 44.1 Å². The van der Waals surface area contributed by atoms with Crippen LogP contribution in [0.4, 0.5) is 4.79 Å². The van der Waals surface area contributed by atoms with Crippen LogP contribution >= 0.6 is 12.4 Å². The van der Waals surface area contributed by atoms with E-state index in [-0.39, 0.29) is 12.4 Å². The summed E-state index contributed by atoms with van der Waals surface area (Å²) in [5, 5.41) is 13.4. The predicted molar refractivity (Wildman–Crippen MR) is 93.7 cm³/mol. The maximum absolute atomic E-state index is 11.1. The summed E-state index contributed by atoms with van der Waals surface area (Å²) in [4.78, 5) is 15.3. The molecular weight excluding hydrogens is 328 g/mol. The molecule has 1 amide bonds. The summed E-state index contributed by atoms with van der Waals surface area (Å²) in [6, 6.07) is 2.83. The number of rotatable bonds is 2. The minimum atomic E-state index is -0.748. The molecule has 134 valence electrons. The molecule has 0 bridgehead atoms. The number of aryl methyl sites for hydroxylation is 1. The largest absolute Gasteiger partial charge is 0.465 e. The van der Waals surface area contributed by atoms with E-state index in [1.54, 1.807) is 4.90 Å². The molecule has 2 saturated heterocycles. The maximum atomic E-state index is 11.1. The average Bonchev–Trinajstić information content (AvgIpc) is 3.12. The molecule has 4 rings (SSSR count). The number of aromatic nitrogens is 2. The van der Waals surface area contributed by atoms with Crippen molar-refractivity contribution in [1.82, 2.24) is 19.6 Å². The van der Waals surface area contributed by atoms with Crippen LogP contribution in [0.1, 0.15) is 43.7 Å². The summed E-state index contributed by atoms with van der Waals surface area (Å²) in [6.07, 6.45) is 7.00. The van der Waals surface area contributed by atoms with Gasteiger partial charge >= 0.3 is 6.09 Å². The van der Waals surface area contributed by atoms with E-state index in [1.807, 2.05) is 17.9 Å². The molecule has 1 aliphatic carbocycles. The van der Waals surface area contributed by atoms with Crippen molar-refractivity contribution in [2.75, 3.05) is 26.2 Å². The van der Waals surface area contributed by atoms with Crippen LogP contribution in [0.2, 0.25) is 0 Å². The highest BCUT2D eigenvalue weighted by atomic mass is 35.5. The van der Waals surface area contributed by atoms with Crippen molar-refractivity contribution in [3.8, 4) is 0 Å². The third-order valence-corrected chi connectivity index (χ3v) is 6.37. The minimum Gasteiger partial charge on any atom is -0.465 e. The molecule has 3 heterocycles. The first-order valence-electron chi connectivity index (χ1n) is 8.76. The summed E-state index contributed by atoms with van der Waals surface area (Å²) in [6.45, 7) is 3.81. The fourth-order valence-electron chi connectivity index (χ4n) is 4.97. The third kappa shape index (κ3) is 3.02. The number of piperidine rings is 1. The molecular formula is C17H27ClN4O2. The number of nitrogens with zero attached hydrogens (tertiary/aromatic N) is 4. The molecule has 0 atom stereocenters. The Labute approximate surface area is 149 Å². The molecule has 24 heavy (non-hydrogen) atoms. The number of carboxylic acid groups (broad SMARTS) is 1. The Morgan fingerprint density at radius 3 is 2.54 bits per heavy atom. The van der Waals surface area contributed by atoms with E-state index in [0.717, 1.165) is 19.5 Å². The van der Waals surface area contributed by atoms with Crippen LogP contribution in [0.5, 0.6) is 0 Å². The van der Waals surface area contributed by atoms with Crippen LogP contribution < -0.4 is 0 Å². The smallest absolute Gasteiger partial charge is 0.407 e. The molecule has 1 N–H and O–H groups in total. The van der Waals surface area contributed by atoms with E-state index in [4.69, 9.17) is 5.11 Å². The number of halogens is 1. The van der Waals surface area contributed by atoms with E-state index < -0.39 is 6.09 Å². The van der Waals surface area contributed by atoms with Gasteiger partial charge in [-0.15, -0.1) is 12.4 Å². The van der Waals surface area contributed by atoms with E-state index in [1.165, 1.54) is 44.5 Å². The SMILES string of the molecule is Cl.Cn1nccc1C1CCN(C2CC3(CCN(C(=O)O)C3)C2)CC1. The van der Waals surface area contributed by atoms with Crippen LogP contribution in [0, 0.1) is 5.41 Å². The zero-order chi connectivity index (χ0) is 16.0. The highest BCUT2D eigenvalue weighted by molar-refractivity contribution is 5.85. The van der Waals surface area contributed by atoms with Crippen molar-refractivity contribution >= 4 is 18.5 Å². The summed E-state index contributed by atoms with van der Waals surface area (Å²) in [5.41, 5.74) is 1.66. The molecule has 0 unspecified atom stereocenters. The van der Waals surface area contributed by atoms with Gasteiger partial charge in [0.1, 0.15) is 0 Å². The lowest BCUT2D eigenvalue weighted by Gasteiger charge is -2.51.